The number of furan rings is 1. The molecule has 0 radical (unpaired) electrons. The summed E-state index contributed by atoms with van der Waals surface area (Å²) in [6.07, 6.45) is 5.54. The second-order valence-corrected chi connectivity index (χ2v) is 6.83. The molecule has 2 N–H and O–H groups in total. The standard InChI is InChI=1S/C20H27N3O2S/c1-2-24-17-10-8-16(9-11-17)22-20(26)21-15-18(19-7-6-14-25-19)23-12-4-3-5-13-23/h6-11,14,18H,2-5,12-13,15H2,1H3,(H2,21,22,26). The van der Waals surface area contributed by atoms with E-state index in [9.17, 15) is 0 Å². The largest absolute Gasteiger partial charge is 0.494 e. The first-order valence-electron chi connectivity index (χ1n) is 9.31. The minimum atomic E-state index is 0.199. The number of hydrogen-bond donors (Lipinski definition) is 2. The number of nitrogens with one attached hydrogen (secondary N) is 2. The zero-order valence-electron chi connectivity index (χ0n) is 15.2. The van der Waals surface area contributed by atoms with Gasteiger partial charge in [-0.25, -0.2) is 0 Å². The molecule has 0 aliphatic carbocycles. The van der Waals surface area contributed by atoms with E-state index in [1.807, 2.05) is 43.3 Å². The zero-order chi connectivity index (χ0) is 18.2. The Morgan fingerprint density at radius 1 is 1.19 bits per heavy atom. The Bertz CT molecular complexity index is 667. The second-order valence-electron chi connectivity index (χ2n) is 6.42. The number of thiocarbonyl (C=S) groups is 1. The predicted molar refractivity (Wildman–Crippen MR) is 109 cm³/mol. The Kier molecular flexibility index (Phi) is 6.91. The maximum absolute atomic E-state index is 5.68. The van der Waals surface area contributed by atoms with Crippen LogP contribution in [-0.4, -0.2) is 36.3 Å². The van der Waals surface area contributed by atoms with Gasteiger partial charge in [0, 0.05) is 12.2 Å². The van der Waals surface area contributed by atoms with Crippen LogP contribution in [0.3, 0.4) is 0 Å². The van der Waals surface area contributed by atoms with E-state index >= 15 is 0 Å². The van der Waals surface area contributed by atoms with Crippen molar-refractivity contribution in [3.63, 3.8) is 0 Å². The van der Waals surface area contributed by atoms with Gasteiger partial charge in [-0.3, -0.25) is 4.90 Å². The molecule has 0 spiro atoms. The van der Waals surface area contributed by atoms with Gasteiger partial charge in [0.05, 0.1) is 18.9 Å². The summed E-state index contributed by atoms with van der Waals surface area (Å²) in [6, 6.07) is 12.0. The normalized spacial score (nSPS) is 16.0. The van der Waals surface area contributed by atoms with Gasteiger partial charge in [-0.05, 0) is 81.5 Å². The van der Waals surface area contributed by atoms with Crippen LogP contribution < -0.4 is 15.4 Å². The van der Waals surface area contributed by atoms with Crippen molar-refractivity contribution in [1.82, 2.24) is 10.2 Å². The molecule has 6 heteroatoms. The molecule has 140 valence electrons. The van der Waals surface area contributed by atoms with Crippen molar-refractivity contribution in [2.75, 3.05) is 31.6 Å². The quantitative estimate of drug-likeness (QED) is 0.710. The van der Waals surface area contributed by atoms with Crippen molar-refractivity contribution in [1.29, 1.82) is 0 Å². The predicted octanol–water partition coefficient (Wildman–Crippen LogP) is 4.19. The first-order valence-corrected chi connectivity index (χ1v) is 9.72. The summed E-state index contributed by atoms with van der Waals surface area (Å²) in [6.45, 7) is 5.56. The smallest absolute Gasteiger partial charge is 0.170 e. The highest BCUT2D eigenvalue weighted by Gasteiger charge is 2.24. The van der Waals surface area contributed by atoms with E-state index < -0.39 is 0 Å². The van der Waals surface area contributed by atoms with Crippen molar-refractivity contribution in [2.45, 2.75) is 32.2 Å². The van der Waals surface area contributed by atoms with Crippen LogP contribution in [0.1, 0.15) is 38.0 Å². The number of rotatable bonds is 7. The number of hydrogen-bond acceptors (Lipinski definition) is 4. The average Bonchev–Trinajstić information content (AvgIpc) is 3.19. The lowest BCUT2D eigenvalue weighted by Gasteiger charge is -2.33. The first-order chi connectivity index (χ1) is 12.8. The summed E-state index contributed by atoms with van der Waals surface area (Å²) >= 11 is 5.47. The molecule has 1 aliphatic rings. The van der Waals surface area contributed by atoms with Crippen LogP contribution in [0.5, 0.6) is 5.75 Å². The first kappa shape index (κ1) is 18.7. The lowest BCUT2D eigenvalue weighted by atomic mass is 10.1. The second kappa shape index (κ2) is 9.59. The molecule has 0 bridgehead atoms. The minimum Gasteiger partial charge on any atom is -0.494 e. The molecule has 0 amide bonds. The molecular weight excluding hydrogens is 346 g/mol. The zero-order valence-corrected chi connectivity index (χ0v) is 16.1. The Morgan fingerprint density at radius 3 is 2.62 bits per heavy atom. The molecule has 1 unspecified atom stereocenters. The number of nitrogens with zero attached hydrogens (tertiary/aromatic N) is 1. The van der Waals surface area contributed by atoms with Crippen LogP contribution in [0, 0.1) is 0 Å². The van der Waals surface area contributed by atoms with Gasteiger partial charge in [-0.1, -0.05) is 6.42 Å². The lowest BCUT2D eigenvalue weighted by Crippen LogP contribution is -2.41. The van der Waals surface area contributed by atoms with Gasteiger partial charge in [0.1, 0.15) is 11.5 Å². The third-order valence-corrected chi connectivity index (χ3v) is 4.83. The van der Waals surface area contributed by atoms with Crippen LogP contribution in [0.2, 0.25) is 0 Å². The molecule has 3 rings (SSSR count). The van der Waals surface area contributed by atoms with Crippen molar-refractivity contribution < 1.29 is 9.15 Å². The third-order valence-electron chi connectivity index (χ3n) is 4.58. The monoisotopic (exact) mass is 373 g/mol. The Balaban J connectivity index is 1.55. The van der Waals surface area contributed by atoms with E-state index in [2.05, 4.69) is 15.5 Å². The fourth-order valence-electron chi connectivity index (χ4n) is 3.29. The molecule has 1 saturated heterocycles. The lowest BCUT2D eigenvalue weighted by molar-refractivity contribution is 0.146. The van der Waals surface area contributed by atoms with Gasteiger partial charge < -0.3 is 19.8 Å². The average molecular weight is 374 g/mol. The summed E-state index contributed by atoms with van der Waals surface area (Å²) in [5, 5.41) is 7.19. The third kappa shape index (κ3) is 5.22. The fourth-order valence-corrected chi connectivity index (χ4v) is 3.49. The van der Waals surface area contributed by atoms with Gasteiger partial charge in [0.2, 0.25) is 0 Å². The van der Waals surface area contributed by atoms with E-state index in [-0.39, 0.29) is 6.04 Å². The molecular formula is C20H27N3O2S. The van der Waals surface area contributed by atoms with E-state index in [4.69, 9.17) is 21.4 Å². The van der Waals surface area contributed by atoms with Crippen LogP contribution in [-0.2, 0) is 0 Å². The van der Waals surface area contributed by atoms with Crippen LogP contribution in [0.25, 0.3) is 0 Å². The van der Waals surface area contributed by atoms with Gasteiger partial charge in [-0.15, -0.1) is 0 Å². The van der Waals surface area contributed by atoms with E-state index in [0.29, 0.717) is 11.7 Å². The molecule has 1 atom stereocenters. The SMILES string of the molecule is CCOc1ccc(NC(=S)NCC(c2ccco2)N2CCCCC2)cc1. The molecule has 1 fully saturated rings. The summed E-state index contributed by atoms with van der Waals surface area (Å²) < 4.78 is 11.1. The highest BCUT2D eigenvalue weighted by Crippen LogP contribution is 2.24. The fraction of sp³-hybridized carbons (Fsp3) is 0.450. The topological polar surface area (TPSA) is 49.7 Å². The summed E-state index contributed by atoms with van der Waals surface area (Å²) in [5.41, 5.74) is 0.943. The van der Waals surface area contributed by atoms with E-state index in [0.717, 1.165) is 36.8 Å². The molecule has 26 heavy (non-hydrogen) atoms. The maximum atomic E-state index is 5.68. The number of likely N-dealkylation sites (tertiary alicyclic amines) is 1. The highest BCUT2D eigenvalue weighted by molar-refractivity contribution is 7.80. The Labute approximate surface area is 160 Å². The van der Waals surface area contributed by atoms with Gasteiger partial charge in [-0.2, -0.15) is 0 Å². The number of anilines is 1. The van der Waals surface area contributed by atoms with Crippen LogP contribution in [0.4, 0.5) is 5.69 Å². The molecule has 1 aromatic carbocycles. The number of benzene rings is 1. The Hall–Kier alpha value is -2.05. The molecule has 1 aliphatic heterocycles. The Morgan fingerprint density at radius 2 is 1.96 bits per heavy atom. The van der Waals surface area contributed by atoms with Crippen molar-refractivity contribution >= 4 is 23.0 Å². The van der Waals surface area contributed by atoms with Gasteiger partial charge in [0.25, 0.3) is 0 Å². The highest BCUT2D eigenvalue weighted by atomic mass is 32.1. The van der Waals surface area contributed by atoms with Crippen molar-refractivity contribution in [3.8, 4) is 5.75 Å². The van der Waals surface area contributed by atoms with E-state index in [1.165, 1.54) is 19.3 Å². The van der Waals surface area contributed by atoms with E-state index in [1.54, 1.807) is 6.26 Å². The number of ether oxygens (including phenoxy) is 1. The summed E-state index contributed by atoms with van der Waals surface area (Å²) in [4.78, 5) is 2.48. The molecule has 2 aromatic rings. The number of piperidine rings is 1. The van der Waals surface area contributed by atoms with Gasteiger partial charge >= 0.3 is 0 Å². The van der Waals surface area contributed by atoms with Gasteiger partial charge in [0.15, 0.2) is 5.11 Å². The molecule has 1 aromatic heterocycles. The van der Waals surface area contributed by atoms with Crippen LogP contribution in [0.15, 0.2) is 47.1 Å². The molecule has 2 heterocycles. The molecule has 5 nitrogen and oxygen atoms in total. The van der Waals surface area contributed by atoms with Crippen molar-refractivity contribution in [2.24, 2.45) is 0 Å². The van der Waals surface area contributed by atoms with Crippen molar-refractivity contribution in [3.05, 3.63) is 48.4 Å². The summed E-state index contributed by atoms with van der Waals surface area (Å²) in [7, 11) is 0. The minimum absolute atomic E-state index is 0.199. The maximum Gasteiger partial charge on any atom is 0.170 e. The van der Waals surface area contributed by atoms with Crippen LogP contribution >= 0.6 is 12.2 Å². The molecule has 0 saturated carbocycles. The summed E-state index contributed by atoms with van der Waals surface area (Å²) in [5.74, 6) is 1.85.